The molecule has 122 valence electrons. The molecule has 0 bridgehead atoms. The van der Waals surface area contributed by atoms with Crippen LogP contribution in [0.2, 0.25) is 0 Å². The highest BCUT2D eigenvalue weighted by atomic mass is 16.5. The second kappa shape index (κ2) is 6.12. The lowest BCUT2D eigenvalue weighted by Gasteiger charge is -2.33. The summed E-state index contributed by atoms with van der Waals surface area (Å²) in [4.78, 5) is 16.0. The number of benzene rings is 1. The number of carbonyl (C=O) groups excluding carboxylic acids is 1. The van der Waals surface area contributed by atoms with Crippen LogP contribution in [-0.4, -0.2) is 27.3 Å². The fourth-order valence-electron chi connectivity index (χ4n) is 2.77. The van der Waals surface area contributed by atoms with Gasteiger partial charge in [-0.15, -0.1) is 0 Å². The summed E-state index contributed by atoms with van der Waals surface area (Å²) in [7, 11) is 0. The lowest BCUT2D eigenvalue weighted by molar-refractivity contribution is -0.119. The second-order valence-electron chi connectivity index (χ2n) is 6.79. The maximum atomic E-state index is 11.3. The summed E-state index contributed by atoms with van der Waals surface area (Å²) in [5, 5.41) is 4.46. The largest absolute Gasteiger partial charge is 0.370 e. The molecule has 1 fully saturated rings. The molecule has 23 heavy (non-hydrogen) atoms. The normalized spacial score (nSPS) is 20.3. The molecule has 2 heterocycles. The first-order valence-corrected chi connectivity index (χ1v) is 7.85. The van der Waals surface area contributed by atoms with Crippen LogP contribution in [0.4, 0.5) is 0 Å². The van der Waals surface area contributed by atoms with Gasteiger partial charge in [-0.05, 0) is 18.3 Å². The number of amides is 1. The van der Waals surface area contributed by atoms with Crippen LogP contribution in [0.15, 0.2) is 30.3 Å². The molecule has 0 spiro atoms. The van der Waals surface area contributed by atoms with E-state index in [4.69, 9.17) is 10.5 Å². The van der Waals surface area contributed by atoms with Gasteiger partial charge in [0.15, 0.2) is 11.6 Å². The van der Waals surface area contributed by atoms with Crippen molar-refractivity contribution in [3.63, 3.8) is 0 Å². The van der Waals surface area contributed by atoms with Crippen LogP contribution < -0.4 is 5.73 Å². The van der Waals surface area contributed by atoms with E-state index in [0.717, 1.165) is 18.4 Å². The zero-order valence-electron chi connectivity index (χ0n) is 13.5. The van der Waals surface area contributed by atoms with Gasteiger partial charge in [0.2, 0.25) is 5.91 Å². The van der Waals surface area contributed by atoms with Gasteiger partial charge in [-0.1, -0.05) is 44.2 Å². The van der Waals surface area contributed by atoms with Gasteiger partial charge < -0.3 is 10.5 Å². The highest BCUT2D eigenvalue weighted by molar-refractivity contribution is 5.73. The third kappa shape index (κ3) is 3.59. The second-order valence-corrected chi connectivity index (χ2v) is 6.79. The average molecular weight is 314 g/mol. The van der Waals surface area contributed by atoms with E-state index in [1.807, 2.05) is 30.3 Å². The van der Waals surface area contributed by atoms with Gasteiger partial charge in [0, 0.05) is 5.56 Å². The molecule has 1 amide bonds. The van der Waals surface area contributed by atoms with Gasteiger partial charge in [-0.2, -0.15) is 5.10 Å². The number of hydrogen-bond acceptors (Lipinski definition) is 4. The molecular formula is C17H22N4O2. The average Bonchev–Trinajstić information content (AvgIpc) is 2.91. The van der Waals surface area contributed by atoms with E-state index in [2.05, 4.69) is 23.9 Å². The summed E-state index contributed by atoms with van der Waals surface area (Å²) in [6, 6.07) is 9.70. The summed E-state index contributed by atoms with van der Waals surface area (Å²) in [6.07, 6.45) is 1.76. The zero-order chi connectivity index (χ0) is 16.4. The number of hydrogen-bond donors (Lipinski definition) is 1. The fraction of sp³-hybridized carbons (Fsp3) is 0.471. The fourth-order valence-corrected chi connectivity index (χ4v) is 2.77. The predicted molar refractivity (Wildman–Crippen MR) is 86.4 cm³/mol. The maximum absolute atomic E-state index is 11.3. The molecule has 0 aliphatic carbocycles. The Balaban J connectivity index is 1.91. The Labute approximate surface area is 135 Å². The third-order valence-electron chi connectivity index (χ3n) is 4.08. The SMILES string of the molecule is CC1(C)CCC(c2nc(-c3ccccc3)nn2CC(N)=O)OC1. The Morgan fingerprint density at radius 3 is 2.74 bits per heavy atom. The van der Waals surface area contributed by atoms with Gasteiger partial charge in [0.25, 0.3) is 0 Å². The number of nitrogens with two attached hydrogens (primary N) is 1. The van der Waals surface area contributed by atoms with Crippen molar-refractivity contribution < 1.29 is 9.53 Å². The number of ether oxygens (including phenoxy) is 1. The molecule has 2 aromatic rings. The van der Waals surface area contributed by atoms with Crippen molar-refractivity contribution >= 4 is 5.91 Å². The monoisotopic (exact) mass is 314 g/mol. The molecule has 1 aliphatic rings. The molecule has 6 heteroatoms. The summed E-state index contributed by atoms with van der Waals surface area (Å²) < 4.78 is 7.55. The Bertz CT molecular complexity index is 684. The van der Waals surface area contributed by atoms with Gasteiger partial charge in [-0.25, -0.2) is 9.67 Å². The van der Waals surface area contributed by atoms with Crippen molar-refractivity contribution in [3.8, 4) is 11.4 Å². The van der Waals surface area contributed by atoms with E-state index in [0.29, 0.717) is 18.3 Å². The summed E-state index contributed by atoms with van der Waals surface area (Å²) in [6.45, 7) is 5.06. The van der Waals surface area contributed by atoms with Gasteiger partial charge >= 0.3 is 0 Å². The van der Waals surface area contributed by atoms with Crippen LogP contribution in [-0.2, 0) is 16.1 Å². The van der Waals surface area contributed by atoms with Gasteiger partial charge in [0.1, 0.15) is 12.6 Å². The lowest BCUT2D eigenvalue weighted by atomic mass is 9.85. The number of nitrogens with zero attached hydrogens (tertiary/aromatic N) is 3. The van der Waals surface area contributed by atoms with E-state index < -0.39 is 5.91 Å². The van der Waals surface area contributed by atoms with Crippen molar-refractivity contribution in [1.29, 1.82) is 0 Å². The van der Waals surface area contributed by atoms with E-state index >= 15 is 0 Å². The molecule has 1 aromatic heterocycles. The molecular weight excluding hydrogens is 292 g/mol. The van der Waals surface area contributed by atoms with Crippen LogP contribution >= 0.6 is 0 Å². The highest BCUT2D eigenvalue weighted by Gasteiger charge is 2.31. The molecule has 0 radical (unpaired) electrons. The van der Waals surface area contributed by atoms with Crippen LogP contribution in [0.5, 0.6) is 0 Å². The van der Waals surface area contributed by atoms with Crippen molar-refractivity contribution in [2.75, 3.05) is 6.61 Å². The van der Waals surface area contributed by atoms with Crippen LogP contribution in [0.3, 0.4) is 0 Å². The first kappa shape index (κ1) is 15.7. The zero-order valence-corrected chi connectivity index (χ0v) is 13.5. The standard InChI is InChI=1S/C17H22N4O2/c1-17(2)9-8-13(23-11-17)16-19-15(12-6-4-3-5-7-12)20-21(16)10-14(18)22/h3-7,13H,8-11H2,1-2H3,(H2,18,22). The predicted octanol–water partition coefficient (Wildman–Crippen LogP) is 2.31. The smallest absolute Gasteiger partial charge is 0.239 e. The minimum absolute atomic E-state index is 0.0123. The Morgan fingerprint density at radius 2 is 2.13 bits per heavy atom. The van der Waals surface area contributed by atoms with Gasteiger partial charge in [-0.3, -0.25) is 4.79 Å². The minimum atomic E-state index is -0.438. The summed E-state index contributed by atoms with van der Waals surface area (Å²) >= 11 is 0. The number of primary amides is 1. The van der Waals surface area contributed by atoms with Crippen molar-refractivity contribution in [3.05, 3.63) is 36.2 Å². The molecule has 6 nitrogen and oxygen atoms in total. The topological polar surface area (TPSA) is 83.0 Å². The first-order chi connectivity index (χ1) is 10.9. The van der Waals surface area contributed by atoms with Gasteiger partial charge in [0.05, 0.1) is 6.61 Å². The molecule has 0 saturated carbocycles. The van der Waals surface area contributed by atoms with Crippen molar-refractivity contribution in [2.24, 2.45) is 11.1 Å². The van der Waals surface area contributed by atoms with Crippen LogP contribution in [0.25, 0.3) is 11.4 Å². The molecule has 1 unspecified atom stereocenters. The Hall–Kier alpha value is -2.21. The molecule has 1 aliphatic heterocycles. The number of rotatable bonds is 4. The number of aromatic nitrogens is 3. The minimum Gasteiger partial charge on any atom is -0.370 e. The van der Waals surface area contributed by atoms with E-state index in [1.54, 1.807) is 4.68 Å². The molecule has 1 aromatic carbocycles. The summed E-state index contributed by atoms with van der Waals surface area (Å²) in [5.41, 5.74) is 6.43. The highest BCUT2D eigenvalue weighted by Crippen LogP contribution is 2.36. The Kier molecular flexibility index (Phi) is 4.17. The maximum Gasteiger partial charge on any atom is 0.239 e. The molecule has 2 N–H and O–H groups in total. The third-order valence-corrected chi connectivity index (χ3v) is 4.08. The Morgan fingerprint density at radius 1 is 1.39 bits per heavy atom. The quantitative estimate of drug-likeness (QED) is 0.938. The summed E-state index contributed by atoms with van der Waals surface area (Å²) in [5.74, 6) is 0.834. The number of carbonyl (C=O) groups is 1. The van der Waals surface area contributed by atoms with Crippen LogP contribution in [0.1, 0.15) is 38.6 Å². The molecule has 1 atom stereocenters. The molecule has 1 saturated heterocycles. The first-order valence-electron chi connectivity index (χ1n) is 7.85. The van der Waals surface area contributed by atoms with Crippen molar-refractivity contribution in [1.82, 2.24) is 14.8 Å². The van der Waals surface area contributed by atoms with E-state index in [9.17, 15) is 4.79 Å². The van der Waals surface area contributed by atoms with E-state index in [1.165, 1.54) is 0 Å². The van der Waals surface area contributed by atoms with Crippen molar-refractivity contribution in [2.45, 2.75) is 39.3 Å². The lowest BCUT2D eigenvalue weighted by Crippen LogP contribution is -2.30. The van der Waals surface area contributed by atoms with Crippen LogP contribution in [0, 0.1) is 5.41 Å². The van der Waals surface area contributed by atoms with E-state index in [-0.39, 0.29) is 18.1 Å². The molecule has 3 rings (SSSR count).